The fourth-order valence-electron chi connectivity index (χ4n) is 2.68. The second-order valence-corrected chi connectivity index (χ2v) is 6.11. The van der Waals surface area contributed by atoms with Gasteiger partial charge in [0.15, 0.2) is 0 Å². The minimum Gasteiger partial charge on any atom is -0.398 e. The number of hydrogen-bond donors (Lipinski definition) is 1. The van der Waals surface area contributed by atoms with Crippen LogP contribution in [0.1, 0.15) is 43.0 Å². The number of hydrogen-bond acceptors (Lipinski definition) is 2. The van der Waals surface area contributed by atoms with Crippen LogP contribution in [0.15, 0.2) is 22.7 Å². The van der Waals surface area contributed by atoms with Crippen molar-refractivity contribution < 1.29 is 4.79 Å². The number of nitrogens with two attached hydrogens (primary N) is 1. The number of carbonyl (C=O) groups excluding carboxylic acids is 1. The molecule has 1 amide bonds. The number of amides is 1. The normalized spacial score (nSPS) is 16.6. The largest absolute Gasteiger partial charge is 0.398 e. The van der Waals surface area contributed by atoms with E-state index in [1.165, 1.54) is 12.8 Å². The maximum Gasteiger partial charge on any atom is 0.253 e. The Hall–Kier alpha value is -1.03. The quantitative estimate of drug-likeness (QED) is 0.862. The lowest BCUT2D eigenvalue weighted by atomic mass is 9.92. The van der Waals surface area contributed by atoms with Crippen LogP contribution in [0.25, 0.3) is 0 Å². The van der Waals surface area contributed by atoms with Crippen molar-refractivity contribution in [1.29, 1.82) is 0 Å². The predicted molar refractivity (Wildman–Crippen MR) is 82.1 cm³/mol. The van der Waals surface area contributed by atoms with E-state index in [0.717, 1.165) is 41.9 Å². The SMILES string of the molecule is CCCC1CCN(C(=O)c2ccc(N)c(Br)c2)CC1. The van der Waals surface area contributed by atoms with Crippen LogP contribution in [0.3, 0.4) is 0 Å². The molecule has 1 aromatic rings. The second-order valence-electron chi connectivity index (χ2n) is 5.26. The van der Waals surface area contributed by atoms with Crippen LogP contribution in [0.2, 0.25) is 0 Å². The van der Waals surface area contributed by atoms with Crippen molar-refractivity contribution in [2.45, 2.75) is 32.6 Å². The van der Waals surface area contributed by atoms with E-state index in [-0.39, 0.29) is 5.91 Å². The summed E-state index contributed by atoms with van der Waals surface area (Å²) in [5.74, 6) is 0.919. The lowest BCUT2D eigenvalue weighted by molar-refractivity contribution is 0.0686. The highest BCUT2D eigenvalue weighted by atomic mass is 79.9. The van der Waals surface area contributed by atoms with Gasteiger partial charge in [-0.1, -0.05) is 19.8 Å². The molecule has 1 heterocycles. The Labute approximate surface area is 123 Å². The first-order valence-electron chi connectivity index (χ1n) is 6.96. The molecule has 104 valence electrons. The number of piperidine rings is 1. The van der Waals surface area contributed by atoms with Crippen molar-refractivity contribution in [2.24, 2.45) is 5.92 Å². The number of benzene rings is 1. The highest BCUT2D eigenvalue weighted by Gasteiger charge is 2.23. The molecule has 0 atom stereocenters. The Bertz CT molecular complexity index is 453. The fourth-order valence-corrected chi connectivity index (χ4v) is 3.05. The lowest BCUT2D eigenvalue weighted by Gasteiger charge is -2.32. The van der Waals surface area contributed by atoms with Gasteiger partial charge in [-0.3, -0.25) is 4.79 Å². The van der Waals surface area contributed by atoms with Gasteiger partial charge < -0.3 is 10.6 Å². The average Bonchev–Trinajstić information content (AvgIpc) is 2.42. The molecule has 1 aliphatic heterocycles. The maximum absolute atomic E-state index is 12.4. The number of likely N-dealkylation sites (tertiary alicyclic amines) is 1. The summed E-state index contributed by atoms with van der Waals surface area (Å²) in [6.45, 7) is 3.99. The van der Waals surface area contributed by atoms with E-state index >= 15 is 0 Å². The molecule has 2 rings (SSSR count). The molecule has 0 aromatic heterocycles. The molecule has 0 spiro atoms. The van der Waals surface area contributed by atoms with Gasteiger partial charge in [-0.05, 0) is 52.9 Å². The molecule has 0 saturated carbocycles. The van der Waals surface area contributed by atoms with Crippen LogP contribution in [0, 0.1) is 5.92 Å². The van der Waals surface area contributed by atoms with Crippen LogP contribution in [-0.2, 0) is 0 Å². The molecule has 0 bridgehead atoms. The van der Waals surface area contributed by atoms with E-state index in [2.05, 4.69) is 22.9 Å². The minimum atomic E-state index is 0.121. The number of rotatable bonds is 3. The molecule has 1 fully saturated rings. The topological polar surface area (TPSA) is 46.3 Å². The Morgan fingerprint density at radius 1 is 1.42 bits per heavy atom. The zero-order chi connectivity index (χ0) is 13.8. The third-order valence-electron chi connectivity index (χ3n) is 3.85. The highest BCUT2D eigenvalue weighted by molar-refractivity contribution is 9.10. The summed E-state index contributed by atoms with van der Waals surface area (Å²) in [5.41, 5.74) is 7.13. The van der Waals surface area contributed by atoms with E-state index in [9.17, 15) is 4.79 Å². The number of nitrogens with zero attached hydrogens (tertiary/aromatic N) is 1. The monoisotopic (exact) mass is 324 g/mol. The first-order chi connectivity index (χ1) is 9.11. The standard InChI is InChI=1S/C15H21BrN2O/c1-2-3-11-6-8-18(9-7-11)15(19)12-4-5-14(17)13(16)10-12/h4-5,10-11H,2-3,6-9,17H2,1H3. The second kappa shape index (κ2) is 6.42. The average molecular weight is 325 g/mol. The summed E-state index contributed by atoms with van der Waals surface area (Å²) in [6, 6.07) is 5.40. The Balaban J connectivity index is 1.99. The smallest absolute Gasteiger partial charge is 0.253 e. The van der Waals surface area contributed by atoms with E-state index in [1.807, 2.05) is 11.0 Å². The molecule has 0 aliphatic carbocycles. The molecule has 1 saturated heterocycles. The zero-order valence-electron chi connectivity index (χ0n) is 11.4. The minimum absolute atomic E-state index is 0.121. The molecule has 0 unspecified atom stereocenters. The highest BCUT2D eigenvalue weighted by Crippen LogP contribution is 2.25. The summed E-state index contributed by atoms with van der Waals surface area (Å²) in [4.78, 5) is 14.4. The molecule has 19 heavy (non-hydrogen) atoms. The number of halogens is 1. The Morgan fingerprint density at radius 3 is 2.68 bits per heavy atom. The number of anilines is 1. The van der Waals surface area contributed by atoms with Gasteiger partial charge in [0.05, 0.1) is 0 Å². The van der Waals surface area contributed by atoms with Crippen molar-refractivity contribution in [1.82, 2.24) is 4.90 Å². The van der Waals surface area contributed by atoms with E-state index in [4.69, 9.17) is 5.73 Å². The fraction of sp³-hybridized carbons (Fsp3) is 0.533. The number of carbonyl (C=O) groups is 1. The molecule has 2 N–H and O–H groups in total. The van der Waals surface area contributed by atoms with Gasteiger partial charge in [0.1, 0.15) is 0 Å². The van der Waals surface area contributed by atoms with Gasteiger partial charge in [-0.15, -0.1) is 0 Å². The third-order valence-corrected chi connectivity index (χ3v) is 4.53. The third kappa shape index (κ3) is 3.50. The maximum atomic E-state index is 12.4. The van der Waals surface area contributed by atoms with Crippen LogP contribution in [0.5, 0.6) is 0 Å². The van der Waals surface area contributed by atoms with Gasteiger partial charge >= 0.3 is 0 Å². The molecular formula is C15H21BrN2O. The summed E-state index contributed by atoms with van der Waals surface area (Å²) in [6.07, 6.45) is 4.80. The van der Waals surface area contributed by atoms with Crippen molar-refractivity contribution >= 4 is 27.5 Å². The summed E-state index contributed by atoms with van der Waals surface area (Å²) in [7, 11) is 0. The molecule has 0 radical (unpaired) electrons. The van der Waals surface area contributed by atoms with Crippen LogP contribution in [-0.4, -0.2) is 23.9 Å². The zero-order valence-corrected chi connectivity index (χ0v) is 12.9. The van der Waals surface area contributed by atoms with E-state index < -0.39 is 0 Å². The Kier molecular flexibility index (Phi) is 4.86. The van der Waals surface area contributed by atoms with Gasteiger partial charge in [0.25, 0.3) is 5.91 Å². The van der Waals surface area contributed by atoms with Gasteiger partial charge in [0.2, 0.25) is 0 Å². The Morgan fingerprint density at radius 2 is 2.11 bits per heavy atom. The molecule has 3 nitrogen and oxygen atoms in total. The van der Waals surface area contributed by atoms with Gasteiger partial charge in [-0.25, -0.2) is 0 Å². The van der Waals surface area contributed by atoms with Crippen molar-refractivity contribution in [3.05, 3.63) is 28.2 Å². The van der Waals surface area contributed by atoms with Gasteiger partial charge in [-0.2, -0.15) is 0 Å². The van der Waals surface area contributed by atoms with Crippen molar-refractivity contribution in [2.75, 3.05) is 18.8 Å². The predicted octanol–water partition coefficient (Wildman–Crippen LogP) is 3.68. The molecular weight excluding hydrogens is 304 g/mol. The molecule has 4 heteroatoms. The van der Waals surface area contributed by atoms with Crippen molar-refractivity contribution in [3.8, 4) is 0 Å². The van der Waals surface area contributed by atoms with Crippen LogP contribution >= 0.6 is 15.9 Å². The number of nitrogen functional groups attached to an aromatic ring is 1. The molecule has 1 aliphatic rings. The van der Waals surface area contributed by atoms with Crippen molar-refractivity contribution in [3.63, 3.8) is 0 Å². The van der Waals surface area contributed by atoms with E-state index in [0.29, 0.717) is 5.69 Å². The summed E-state index contributed by atoms with van der Waals surface area (Å²) >= 11 is 3.37. The first-order valence-corrected chi connectivity index (χ1v) is 7.75. The van der Waals surface area contributed by atoms with Gasteiger partial charge in [0, 0.05) is 28.8 Å². The van der Waals surface area contributed by atoms with Crippen LogP contribution < -0.4 is 5.73 Å². The first kappa shape index (κ1) is 14.4. The van der Waals surface area contributed by atoms with Crippen LogP contribution in [0.4, 0.5) is 5.69 Å². The lowest BCUT2D eigenvalue weighted by Crippen LogP contribution is -2.38. The molecule has 1 aromatic carbocycles. The van der Waals surface area contributed by atoms with E-state index in [1.54, 1.807) is 12.1 Å². The summed E-state index contributed by atoms with van der Waals surface area (Å²) in [5, 5.41) is 0. The summed E-state index contributed by atoms with van der Waals surface area (Å²) < 4.78 is 0.791.